The van der Waals surface area contributed by atoms with Crippen molar-refractivity contribution in [1.29, 1.82) is 0 Å². The van der Waals surface area contributed by atoms with Crippen molar-refractivity contribution in [3.63, 3.8) is 0 Å². The lowest BCUT2D eigenvalue weighted by atomic mass is 10.2. The summed E-state index contributed by atoms with van der Waals surface area (Å²) in [6.07, 6.45) is -1.69. The number of alkyl carbamates (subject to hydrolysis) is 1. The Labute approximate surface area is 159 Å². The van der Waals surface area contributed by atoms with Crippen LogP contribution in [0.3, 0.4) is 0 Å². The molecule has 1 rings (SSSR count). The first kappa shape index (κ1) is 22.3. The Hall–Kier alpha value is -2.77. The van der Waals surface area contributed by atoms with Crippen LogP contribution in [0.4, 0.5) is 10.5 Å². The second-order valence-corrected chi connectivity index (χ2v) is 6.73. The van der Waals surface area contributed by atoms with Gasteiger partial charge < -0.3 is 24.8 Å². The summed E-state index contributed by atoms with van der Waals surface area (Å²) in [5, 5.41) is 5.12. The van der Waals surface area contributed by atoms with Gasteiger partial charge in [0.25, 0.3) is 5.91 Å². The van der Waals surface area contributed by atoms with Gasteiger partial charge in [-0.1, -0.05) is 12.1 Å². The zero-order valence-electron chi connectivity index (χ0n) is 16.5. The van der Waals surface area contributed by atoms with Crippen molar-refractivity contribution < 1.29 is 28.6 Å². The molecule has 0 radical (unpaired) electrons. The highest BCUT2D eigenvalue weighted by Crippen LogP contribution is 2.23. The van der Waals surface area contributed by atoms with E-state index in [1.54, 1.807) is 45.0 Å². The highest BCUT2D eigenvalue weighted by Gasteiger charge is 2.20. The highest BCUT2D eigenvalue weighted by molar-refractivity contribution is 5.96. The number of nitrogens with one attached hydrogen (secondary N) is 2. The fourth-order valence-corrected chi connectivity index (χ4v) is 1.98. The summed E-state index contributed by atoms with van der Waals surface area (Å²) in [7, 11) is 0. The molecule has 1 aromatic carbocycles. The van der Waals surface area contributed by atoms with Crippen LogP contribution in [0.25, 0.3) is 0 Å². The molecule has 8 nitrogen and oxygen atoms in total. The average molecular weight is 380 g/mol. The predicted molar refractivity (Wildman–Crippen MR) is 101 cm³/mol. The molecule has 0 heterocycles. The first-order chi connectivity index (χ1) is 12.6. The van der Waals surface area contributed by atoms with Gasteiger partial charge in [0.15, 0.2) is 6.10 Å². The van der Waals surface area contributed by atoms with E-state index in [4.69, 9.17) is 14.2 Å². The monoisotopic (exact) mass is 380 g/mol. The van der Waals surface area contributed by atoms with Crippen LogP contribution in [0.5, 0.6) is 5.75 Å². The van der Waals surface area contributed by atoms with Gasteiger partial charge in [0.2, 0.25) is 0 Å². The van der Waals surface area contributed by atoms with E-state index in [0.717, 1.165) is 0 Å². The number of para-hydroxylation sites is 2. The number of hydrogen-bond donors (Lipinski definition) is 2. The number of benzene rings is 1. The fourth-order valence-electron chi connectivity index (χ4n) is 1.98. The minimum absolute atomic E-state index is 0.0509. The van der Waals surface area contributed by atoms with Gasteiger partial charge in [0.1, 0.15) is 11.4 Å². The Morgan fingerprint density at radius 2 is 1.81 bits per heavy atom. The second kappa shape index (κ2) is 10.4. The maximum Gasteiger partial charge on any atom is 0.407 e. The Morgan fingerprint density at radius 1 is 1.15 bits per heavy atom. The van der Waals surface area contributed by atoms with E-state index in [9.17, 15) is 14.4 Å². The van der Waals surface area contributed by atoms with Crippen LogP contribution in [-0.4, -0.2) is 42.8 Å². The van der Waals surface area contributed by atoms with E-state index in [0.29, 0.717) is 18.0 Å². The molecule has 0 spiro atoms. The number of hydrogen-bond acceptors (Lipinski definition) is 6. The molecule has 0 fully saturated rings. The van der Waals surface area contributed by atoms with Crippen LogP contribution in [-0.2, 0) is 19.1 Å². The molecule has 1 atom stereocenters. The number of rotatable bonds is 8. The predicted octanol–water partition coefficient (Wildman–Crippen LogP) is 2.87. The third-order valence-electron chi connectivity index (χ3n) is 3.12. The first-order valence-electron chi connectivity index (χ1n) is 8.81. The minimum Gasteiger partial charge on any atom is -0.492 e. The third-order valence-corrected chi connectivity index (χ3v) is 3.12. The lowest BCUT2D eigenvalue weighted by molar-refractivity contribution is -0.153. The molecule has 2 N–H and O–H groups in total. The summed E-state index contributed by atoms with van der Waals surface area (Å²) in [6.45, 7) is 9.05. The minimum atomic E-state index is -0.992. The fraction of sp³-hybridized carbons (Fsp3) is 0.526. The van der Waals surface area contributed by atoms with Crippen LogP contribution in [0.2, 0.25) is 0 Å². The molecule has 150 valence electrons. The molecule has 0 saturated heterocycles. The standard InChI is InChI=1S/C19H28N2O6/c1-6-25-15-10-8-7-9-14(15)21-17(23)13(2)26-16(22)11-12-20-18(24)27-19(3,4)5/h7-10,13H,6,11-12H2,1-5H3,(H,20,24)(H,21,23). The van der Waals surface area contributed by atoms with E-state index in [1.807, 2.05) is 6.92 Å². The molecule has 0 aliphatic carbocycles. The Kier molecular flexibility index (Phi) is 8.58. The van der Waals surface area contributed by atoms with Gasteiger partial charge in [-0.2, -0.15) is 0 Å². The largest absolute Gasteiger partial charge is 0.492 e. The number of carbonyl (C=O) groups excluding carboxylic acids is 3. The van der Waals surface area contributed by atoms with Crippen molar-refractivity contribution >= 4 is 23.7 Å². The van der Waals surface area contributed by atoms with E-state index in [-0.39, 0.29) is 13.0 Å². The zero-order chi connectivity index (χ0) is 20.4. The topological polar surface area (TPSA) is 103 Å². The zero-order valence-corrected chi connectivity index (χ0v) is 16.5. The second-order valence-electron chi connectivity index (χ2n) is 6.73. The summed E-state index contributed by atoms with van der Waals surface area (Å²) in [5.41, 5.74) is -0.117. The lowest BCUT2D eigenvalue weighted by Crippen LogP contribution is -2.35. The number of carbonyl (C=O) groups is 3. The number of ether oxygens (including phenoxy) is 3. The highest BCUT2D eigenvalue weighted by atomic mass is 16.6. The van der Waals surface area contributed by atoms with Gasteiger partial charge in [-0.3, -0.25) is 9.59 Å². The quantitative estimate of drug-likeness (QED) is 0.672. The first-order valence-corrected chi connectivity index (χ1v) is 8.81. The molecule has 8 heteroatoms. The molecular weight excluding hydrogens is 352 g/mol. The van der Waals surface area contributed by atoms with Gasteiger partial charge in [-0.15, -0.1) is 0 Å². The third kappa shape index (κ3) is 8.94. The maximum atomic E-state index is 12.2. The Balaban J connectivity index is 2.42. The molecule has 0 bridgehead atoms. The van der Waals surface area contributed by atoms with Crippen LogP contribution >= 0.6 is 0 Å². The number of anilines is 1. The molecule has 1 aromatic rings. The summed E-state index contributed by atoms with van der Waals surface area (Å²) in [4.78, 5) is 35.5. The van der Waals surface area contributed by atoms with E-state index in [1.165, 1.54) is 6.92 Å². The van der Waals surface area contributed by atoms with Crippen molar-refractivity contribution in [2.24, 2.45) is 0 Å². The van der Waals surface area contributed by atoms with Crippen LogP contribution < -0.4 is 15.4 Å². The van der Waals surface area contributed by atoms with Crippen molar-refractivity contribution in [2.75, 3.05) is 18.5 Å². The molecule has 0 aliphatic rings. The van der Waals surface area contributed by atoms with Gasteiger partial charge in [0.05, 0.1) is 18.7 Å². The summed E-state index contributed by atoms with van der Waals surface area (Å²) in [6, 6.07) is 6.99. The summed E-state index contributed by atoms with van der Waals surface area (Å²) < 4.78 is 15.6. The van der Waals surface area contributed by atoms with Crippen molar-refractivity contribution in [2.45, 2.75) is 52.7 Å². The van der Waals surface area contributed by atoms with Crippen LogP contribution in [0, 0.1) is 0 Å². The van der Waals surface area contributed by atoms with Crippen LogP contribution in [0.1, 0.15) is 41.0 Å². The van der Waals surface area contributed by atoms with Gasteiger partial charge >= 0.3 is 12.1 Å². The van der Waals surface area contributed by atoms with Gasteiger partial charge in [-0.25, -0.2) is 4.79 Å². The van der Waals surface area contributed by atoms with Crippen molar-refractivity contribution in [3.05, 3.63) is 24.3 Å². The van der Waals surface area contributed by atoms with E-state index in [2.05, 4.69) is 10.6 Å². The van der Waals surface area contributed by atoms with Crippen molar-refractivity contribution in [1.82, 2.24) is 5.32 Å². The molecule has 0 saturated carbocycles. The normalized spacial score (nSPS) is 11.9. The maximum absolute atomic E-state index is 12.2. The number of esters is 1. The molecular formula is C19H28N2O6. The Morgan fingerprint density at radius 3 is 2.44 bits per heavy atom. The Bertz CT molecular complexity index is 654. The summed E-state index contributed by atoms with van der Waals surface area (Å²) >= 11 is 0. The number of amides is 2. The average Bonchev–Trinajstić information content (AvgIpc) is 2.55. The summed E-state index contributed by atoms with van der Waals surface area (Å²) in [5.74, 6) is -0.546. The lowest BCUT2D eigenvalue weighted by Gasteiger charge is -2.19. The SMILES string of the molecule is CCOc1ccccc1NC(=O)C(C)OC(=O)CCNC(=O)OC(C)(C)C. The molecule has 27 heavy (non-hydrogen) atoms. The molecule has 0 aliphatic heterocycles. The smallest absolute Gasteiger partial charge is 0.407 e. The van der Waals surface area contributed by atoms with Gasteiger partial charge in [-0.05, 0) is 46.8 Å². The van der Waals surface area contributed by atoms with Crippen molar-refractivity contribution in [3.8, 4) is 5.75 Å². The van der Waals surface area contributed by atoms with Gasteiger partial charge in [0, 0.05) is 6.54 Å². The van der Waals surface area contributed by atoms with Crippen LogP contribution in [0.15, 0.2) is 24.3 Å². The van der Waals surface area contributed by atoms with E-state index >= 15 is 0 Å². The molecule has 2 amide bonds. The van der Waals surface area contributed by atoms with E-state index < -0.39 is 29.7 Å². The molecule has 1 unspecified atom stereocenters. The molecule has 0 aromatic heterocycles.